The molecule has 0 unspecified atom stereocenters. The molecule has 0 saturated heterocycles. The molecule has 12 heavy (non-hydrogen) atoms. The molecule has 2 rings (SSSR count). The van der Waals surface area contributed by atoms with Crippen molar-refractivity contribution >= 4 is 5.82 Å². The molecule has 1 saturated carbocycles. The van der Waals surface area contributed by atoms with E-state index in [1.807, 2.05) is 6.20 Å². The average Bonchev–Trinajstić information content (AvgIpc) is 2.88. The Morgan fingerprint density at radius 3 is 3.00 bits per heavy atom. The summed E-state index contributed by atoms with van der Waals surface area (Å²) in [6.07, 6.45) is 4.55. The molecule has 0 aromatic carbocycles. The van der Waals surface area contributed by atoms with Gasteiger partial charge in [-0.15, -0.1) is 0 Å². The Hall–Kier alpha value is -0.390. The number of nitrogens with one attached hydrogen (secondary N) is 1. The molecule has 1 aromatic heterocycles. The van der Waals surface area contributed by atoms with Gasteiger partial charge in [0.05, 0.1) is 0 Å². The van der Waals surface area contributed by atoms with Gasteiger partial charge in [-0.2, -0.15) is 0 Å². The van der Waals surface area contributed by atoms with Crippen molar-refractivity contribution in [1.82, 2.24) is 4.98 Å². The number of H-pyrrole nitrogens is 1. The average molecular weight is 277 g/mol. The van der Waals surface area contributed by atoms with Crippen molar-refractivity contribution < 1.29 is 26.2 Å². The number of nitrogens with two attached hydrogens (primary N) is 1. The molecule has 3 N–H and O–H groups in total. The number of aromatic nitrogens is 2. The van der Waals surface area contributed by atoms with E-state index >= 15 is 0 Å². The molecule has 66 valence electrons. The van der Waals surface area contributed by atoms with Crippen LogP contribution in [0.1, 0.15) is 24.5 Å². The van der Waals surface area contributed by atoms with Crippen molar-refractivity contribution in [3.05, 3.63) is 15.6 Å². The minimum absolute atomic E-state index is 0.00573. The number of alkyl halides is 1. The minimum atomic E-state index is 0.00573. The number of hydrogen-bond acceptors (Lipinski definition) is 2. The predicted octanol–water partition coefficient (Wildman–Crippen LogP) is -2.76. The van der Waals surface area contributed by atoms with Crippen molar-refractivity contribution in [2.24, 2.45) is 0 Å². The van der Waals surface area contributed by atoms with Crippen molar-refractivity contribution in [2.45, 2.75) is 18.8 Å². The number of rotatable bonds is 2. The van der Waals surface area contributed by atoms with Gasteiger partial charge < -0.3 is 0 Å². The molecule has 0 radical (unpaired) electrons. The summed E-state index contributed by atoms with van der Waals surface area (Å²) in [6, 6.07) is 0. The summed E-state index contributed by atoms with van der Waals surface area (Å²) in [4.78, 5) is 9.81. The van der Waals surface area contributed by atoms with Gasteiger partial charge in [0, 0.05) is 0 Å². The van der Waals surface area contributed by atoms with Crippen molar-refractivity contribution in [1.29, 1.82) is 0 Å². The third kappa shape index (κ3) is 1.53. The molecule has 3 nitrogen and oxygen atoms in total. The Morgan fingerprint density at radius 2 is 2.42 bits per heavy atom. The van der Waals surface area contributed by atoms with E-state index in [-0.39, 0.29) is 21.2 Å². The van der Waals surface area contributed by atoms with Crippen LogP contribution in [-0.4, -0.2) is 9.91 Å². The van der Waals surface area contributed by atoms with Crippen LogP contribution < -0.4 is 31.9 Å². The van der Waals surface area contributed by atoms with Gasteiger partial charge in [-0.1, -0.05) is 0 Å². The van der Waals surface area contributed by atoms with Crippen molar-refractivity contribution in [3.8, 4) is 0 Å². The molecule has 0 atom stereocenters. The summed E-state index contributed by atoms with van der Waals surface area (Å²) < 4.78 is 1.11. The summed E-state index contributed by atoms with van der Waals surface area (Å²) in [5.74, 6) is 1.48. The van der Waals surface area contributed by atoms with Crippen LogP contribution in [0.5, 0.6) is 0 Å². The summed E-state index contributed by atoms with van der Waals surface area (Å²) in [5, 5.41) is 0. The Bertz CT molecular complexity index is 296. The molecule has 0 aliphatic heterocycles. The van der Waals surface area contributed by atoms with E-state index in [9.17, 15) is 0 Å². The van der Waals surface area contributed by atoms with Gasteiger partial charge in [0.25, 0.3) is 0 Å². The Morgan fingerprint density at radius 1 is 1.67 bits per heavy atom. The van der Waals surface area contributed by atoms with Gasteiger partial charge >= 0.3 is 82.0 Å². The molecule has 1 aliphatic carbocycles. The summed E-state index contributed by atoms with van der Waals surface area (Å²) in [6.45, 7) is 0. The van der Waals surface area contributed by atoms with Crippen molar-refractivity contribution in [3.63, 3.8) is 0 Å². The molecule has 0 bridgehead atoms. The molecular formula is C8H12IN3. The third-order valence-corrected chi connectivity index (χ3v) is 3.84. The van der Waals surface area contributed by atoms with Gasteiger partial charge in [0.1, 0.15) is 0 Å². The number of anilines is 1. The van der Waals surface area contributed by atoms with Crippen LogP contribution in [0.15, 0.2) is 6.20 Å². The monoisotopic (exact) mass is 277 g/mol. The van der Waals surface area contributed by atoms with Gasteiger partial charge in [-0.05, 0) is 0 Å². The van der Waals surface area contributed by atoms with Gasteiger partial charge in [0.2, 0.25) is 0 Å². The maximum absolute atomic E-state index is 5.73. The van der Waals surface area contributed by atoms with Crippen LogP contribution in [0.4, 0.5) is 5.82 Å². The van der Waals surface area contributed by atoms with Crippen molar-refractivity contribution in [2.75, 3.05) is 10.7 Å². The van der Waals surface area contributed by atoms with Crippen LogP contribution in [0, 0.1) is 3.70 Å². The first-order valence-corrected chi connectivity index (χ1v) is 7.22. The standard InChI is InChI=1S/C8H11IN3/c1-9-7-8(10)11-4-6(12-7)5-2-3-5/h4-5H,2-3H2,1H3,(H2,10,11)/q-1/p+1. The SMILES string of the molecule is C[I-]c1nc(C2CC2)c[nH+]c1N. The third-order valence-electron chi connectivity index (χ3n) is 2.00. The molecule has 1 aromatic rings. The number of hydrogen-bond donors (Lipinski definition) is 1. The second-order valence-corrected chi connectivity index (χ2v) is 5.09. The van der Waals surface area contributed by atoms with E-state index in [1.54, 1.807) is 0 Å². The van der Waals surface area contributed by atoms with Gasteiger partial charge in [0.15, 0.2) is 0 Å². The quantitative estimate of drug-likeness (QED) is 0.470. The fourth-order valence-corrected chi connectivity index (χ4v) is 2.41. The first kappa shape index (κ1) is 8.22. The van der Waals surface area contributed by atoms with Gasteiger partial charge in [-0.25, -0.2) is 0 Å². The molecule has 1 aliphatic rings. The normalized spacial score (nSPS) is 16.8. The van der Waals surface area contributed by atoms with Gasteiger partial charge in [-0.3, -0.25) is 0 Å². The Kier molecular flexibility index (Phi) is 2.16. The first-order chi connectivity index (χ1) is 5.81. The van der Waals surface area contributed by atoms with Crippen LogP contribution in [0.25, 0.3) is 0 Å². The van der Waals surface area contributed by atoms with Crippen LogP contribution in [0.2, 0.25) is 0 Å². The number of aromatic amines is 1. The molecular weight excluding hydrogens is 265 g/mol. The zero-order chi connectivity index (χ0) is 8.55. The van der Waals surface area contributed by atoms with E-state index in [1.165, 1.54) is 18.5 Å². The fourth-order valence-electron chi connectivity index (χ4n) is 1.15. The van der Waals surface area contributed by atoms with E-state index in [0.717, 1.165) is 15.4 Å². The summed E-state index contributed by atoms with van der Waals surface area (Å²) in [7, 11) is 0. The maximum atomic E-state index is 5.73. The molecule has 1 heterocycles. The second kappa shape index (κ2) is 3.16. The van der Waals surface area contributed by atoms with Crippen LogP contribution >= 0.6 is 0 Å². The number of halogens is 1. The Balaban J connectivity index is 2.33. The molecule has 0 amide bonds. The Labute approximate surface area is 82.1 Å². The molecule has 1 fully saturated rings. The first-order valence-electron chi connectivity index (χ1n) is 3.99. The van der Waals surface area contributed by atoms with E-state index in [0.29, 0.717) is 0 Å². The zero-order valence-corrected chi connectivity index (χ0v) is 9.13. The fraction of sp³-hybridized carbons (Fsp3) is 0.500. The predicted molar refractivity (Wildman–Crippen MR) is 41.8 cm³/mol. The zero-order valence-electron chi connectivity index (χ0n) is 6.97. The van der Waals surface area contributed by atoms with E-state index < -0.39 is 0 Å². The van der Waals surface area contributed by atoms with E-state index in [4.69, 9.17) is 5.73 Å². The molecule has 4 heteroatoms. The number of nitrogen functional groups attached to an aromatic ring is 1. The second-order valence-electron chi connectivity index (χ2n) is 2.99. The van der Waals surface area contributed by atoms with E-state index in [2.05, 4.69) is 14.9 Å². The molecule has 0 spiro atoms. The van der Waals surface area contributed by atoms with Crippen LogP contribution in [-0.2, 0) is 0 Å². The summed E-state index contributed by atoms with van der Waals surface area (Å²) in [5.41, 5.74) is 6.94. The topological polar surface area (TPSA) is 53.0 Å². The number of nitrogens with zero attached hydrogens (tertiary/aromatic N) is 1. The summed E-state index contributed by atoms with van der Waals surface area (Å²) >= 11 is 0.00573. The van der Waals surface area contributed by atoms with Crippen LogP contribution in [0.3, 0.4) is 0 Å².